The average molecular weight is 263 g/mol. The van der Waals surface area contributed by atoms with Crippen molar-refractivity contribution in [2.75, 3.05) is 23.9 Å². The van der Waals surface area contributed by atoms with E-state index in [1.807, 2.05) is 13.8 Å². The van der Waals surface area contributed by atoms with Gasteiger partial charge in [-0.15, -0.1) is 0 Å². The topological polar surface area (TPSA) is 70.7 Å². The van der Waals surface area contributed by atoms with E-state index in [1.165, 1.54) is 4.90 Å². The number of hydrogen-bond acceptors (Lipinski definition) is 3. The van der Waals surface area contributed by atoms with E-state index in [0.717, 1.165) is 0 Å². The van der Waals surface area contributed by atoms with E-state index in [9.17, 15) is 9.59 Å². The van der Waals surface area contributed by atoms with Gasteiger partial charge in [-0.3, -0.25) is 4.79 Å². The van der Waals surface area contributed by atoms with Gasteiger partial charge in [0.2, 0.25) is 0 Å². The number of carbonyl (C=O) groups excluding carboxylic acids is 2. The van der Waals surface area contributed by atoms with Gasteiger partial charge >= 0.3 is 6.03 Å². The van der Waals surface area contributed by atoms with E-state index in [1.54, 1.807) is 25.2 Å². The molecular weight excluding hydrogens is 246 g/mol. The van der Waals surface area contributed by atoms with E-state index < -0.39 is 0 Å². The van der Waals surface area contributed by atoms with Gasteiger partial charge in [-0.05, 0) is 26.0 Å². The number of likely N-dealkylation sites (N-methyl/N-ethyl adjacent to an activating group) is 1. The first-order valence-electron chi connectivity index (χ1n) is 6.09. The third-order valence-electron chi connectivity index (χ3n) is 2.73. The third-order valence-corrected chi connectivity index (χ3v) is 2.73. The van der Waals surface area contributed by atoms with Crippen LogP contribution in [0.2, 0.25) is 0 Å². The summed E-state index contributed by atoms with van der Waals surface area (Å²) in [7, 11) is 1.66. The summed E-state index contributed by atoms with van der Waals surface area (Å²) in [5, 5.41) is 5.46. The number of fused-ring (bicyclic) bond motifs is 1. The van der Waals surface area contributed by atoms with Crippen LogP contribution >= 0.6 is 0 Å². The van der Waals surface area contributed by atoms with Crippen LogP contribution in [0.15, 0.2) is 18.2 Å². The predicted octanol–water partition coefficient (Wildman–Crippen LogP) is 1.57. The maximum Gasteiger partial charge on any atom is 0.319 e. The van der Waals surface area contributed by atoms with Crippen LogP contribution in [0.4, 0.5) is 16.2 Å². The van der Waals surface area contributed by atoms with Gasteiger partial charge in [0.15, 0.2) is 6.61 Å². The van der Waals surface area contributed by atoms with Crippen molar-refractivity contribution in [2.45, 2.75) is 19.9 Å². The molecule has 6 nitrogen and oxygen atoms in total. The Kier molecular flexibility index (Phi) is 3.59. The SMILES string of the molecule is CC(C)NC(=O)Nc1cccc2c1N(C)C(=O)CO2. The monoisotopic (exact) mass is 263 g/mol. The summed E-state index contributed by atoms with van der Waals surface area (Å²) < 4.78 is 5.35. The van der Waals surface area contributed by atoms with Crippen LogP contribution in [0.1, 0.15) is 13.8 Å². The minimum Gasteiger partial charge on any atom is -0.481 e. The number of nitrogens with zero attached hydrogens (tertiary/aromatic N) is 1. The zero-order valence-electron chi connectivity index (χ0n) is 11.2. The molecule has 0 bridgehead atoms. The minimum absolute atomic E-state index is 0.0190. The maximum atomic E-state index is 11.7. The van der Waals surface area contributed by atoms with Gasteiger partial charge in [0.05, 0.1) is 5.69 Å². The first kappa shape index (κ1) is 13.2. The van der Waals surface area contributed by atoms with E-state index >= 15 is 0 Å². The molecule has 0 radical (unpaired) electrons. The highest BCUT2D eigenvalue weighted by atomic mass is 16.5. The molecule has 1 aliphatic heterocycles. The lowest BCUT2D eigenvalue weighted by molar-refractivity contribution is -0.120. The number of para-hydroxylation sites is 1. The fraction of sp³-hybridized carbons (Fsp3) is 0.385. The number of nitrogens with one attached hydrogen (secondary N) is 2. The van der Waals surface area contributed by atoms with Crippen molar-refractivity contribution in [3.8, 4) is 5.75 Å². The second-order valence-corrected chi connectivity index (χ2v) is 4.65. The smallest absolute Gasteiger partial charge is 0.319 e. The van der Waals surface area contributed by atoms with Crippen LogP contribution in [0, 0.1) is 0 Å². The first-order chi connectivity index (χ1) is 8.99. The van der Waals surface area contributed by atoms with E-state index in [-0.39, 0.29) is 24.6 Å². The Hall–Kier alpha value is -2.24. The normalized spacial score (nSPS) is 13.9. The minimum atomic E-state index is -0.310. The number of amides is 3. The summed E-state index contributed by atoms with van der Waals surface area (Å²) in [5.74, 6) is 0.440. The summed E-state index contributed by atoms with van der Waals surface area (Å²) in [6, 6.07) is 5.00. The second-order valence-electron chi connectivity index (χ2n) is 4.65. The number of anilines is 2. The van der Waals surface area contributed by atoms with Crippen LogP contribution in [-0.2, 0) is 4.79 Å². The van der Waals surface area contributed by atoms with Crippen LogP contribution in [-0.4, -0.2) is 31.6 Å². The predicted molar refractivity (Wildman–Crippen MR) is 72.6 cm³/mol. The van der Waals surface area contributed by atoms with Crippen molar-refractivity contribution in [3.63, 3.8) is 0 Å². The van der Waals surface area contributed by atoms with Crippen LogP contribution in [0.5, 0.6) is 5.75 Å². The maximum absolute atomic E-state index is 11.7. The second kappa shape index (κ2) is 5.17. The molecule has 102 valence electrons. The fourth-order valence-corrected chi connectivity index (χ4v) is 1.87. The van der Waals surface area contributed by atoms with Crippen molar-refractivity contribution >= 4 is 23.3 Å². The molecule has 1 aliphatic rings. The Morgan fingerprint density at radius 1 is 1.42 bits per heavy atom. The standard InChI is InChI=1S/C13H17N3O3/c1-8(2)14-13(18)15-9-5-4-6-10-12(9)16(3)11(17)7-19-10/h4-6,8H,7H2,1-3H3,(H2,14,15,18). The zero-order valence-corrected chi connectivity index (χ0v) is 11.2. The van der Waals surface area contributed by atoms with Crippen molar-refractivity contribution in [2.24, 2.45) is 0 Å². The zero-order chi connectivity index (χ0) is 14.0. The molecule has 0 unspecified atom stereocenters. The molecule has 1 heterocycles. The summed E-state index contributed by atoms with van der Waals surface area (Å²) >= 11 is 0. The lowest BCUT2D eigenvalue weighted by Crippen LogP contribution is -2.38. The van der Waals surface area contributed by atoms with Gasteiger partial charge in [0.25, 0.3) is 5.91 Å². The number of rotatable bonds is 2. The molecule has 6 heteroatoms. The van der Waals surface area contributed by atoms with Crippen molar-refractivity contribution < 1.29 is 14.3 Å². The van der Waals surface area contributed by atoms with Gasteiger partial charge in [-0.2, -0.15) is 0 Å². The summed E-state index contributed by atoms with van der Waals surface area (Å²) in [6.07, 6.45) is 0. The van der Waals surface area contributed by atoms with E-state index in [4.69, 9.17) is 4.74 Å². The summed E-state index contributed by atoms with van der Waals surface area (Å²) in [6.45, 7) is 3.77. The van der Waals surface area contributed by atoms with Gasteiger partial charge in [0.1, 0.15) is 11.4 Å². The Labute approximate surface area is 111 Å². The van der Waals surface area contributed by atoms with Crippen molar-refractivity contribution in [1.29, 1.82) is 0 Å². The third kappa shape index (κ3) is 2.78. The molecule has 0 fully saturated rings. The van der Waals surface area contributed by atoms with Gasteiger partial charge in [-0.25, -0.2) is 4.79 Å². The molecule has 0 spiro atoms. The molecule has 19 heavy (non-hydrogen) atoms. The molecule has 3 amide bonds. The molecule has 1 aromatic rings. The van der Waals surface area contributed by atoms with Gasteiger partial charge in [0, 0.05) is 13.1 Å². The molecule has 0 saturated heterocycles. The molecular formula is C13H17N3O3. The van der Waals surface area contributed by atoms with Crippen LogP contribution in [0.25, 0.3) is 0 Å². The number of urea groups is 1. The highest BCUT2D eigenvalue weighted by molar-refractivity contribution is 6.04. The highest BCUT2D eigenvalue weighted by Crippen LogP contribution is 2.37. The number of hydrogen-bond donors (Lipinski definition) is 2. The molecule has 1 aromatic carbocycles. The molecule has 2 rings (SSSR count). The lowest BCUT2D eigenvalue weighted by Gasteiger charge is -2.28. The molecule has 0 saturated carbocycles. The Morgan fingerprint density at radius 2 is 2.16 bits per heavy atom. The van der Waals surface area contributed by atoms with E-state index in [2.05, 4.69) is 10.6 Å². The molecule has 0 atom stereocenters. The Morgan fingerprint density at radius 3 is 2.84 bits per heavy atom. The van der Waals surface area contributed by atoms with Crippen LogP contribution < -0.4 is 20.3 Å². The lowest BCUT2D eigenvalue weighted by atomic mass is 10.2. The van der Waals surface area contributed by atoms with Crippen molar-refractivity contribution in [1.82, 2.24) is 5.32 Å². The Bertz CT molecular complexity index is 514. The van der Waals surface area contributed by atoms with Crippen LogP contribution in [0.3, 0.4) is 0 Å². The number of benzene rings is 1. The summed E-state index contributed by atoms with van der Waals surface area (Å²) in [5.41, 5.74) is 1.13. The van der Waals surface area contributed by atoms with E-state index in [0.29, 0.717) is 17.1 Å². The summed E-state index contributed by atoms with van der Waals surface area (Å²) in [4.78, 5) is 24.9. The molecule has 0 aromatic heterocycles. The molecule has 0 aliphatic carbocycles. The fourth-order valence-electron chi connectivity index (χ4n) is 1.87. The number of carbonyl (C=O) groups is 2. The first-order valence-corrected chi connectivity index (χ1v) is 6.09. The Balaban J connectivity index is 2.27. The highest BCUT2D eigenvalue weighted by Gasteiger charge is 2.25. The largest absolute Gasteiger partial charge is 0.481 e. The number of ether oxygens (including phenoxy) is 1. The van der Waals surface area contributed by atoms with Gasteiger partial charge < -0.3 is 20.3 Å². The quantitative estimate of drug-likeness (QED) is 0.851. The average Bonchev–Trinajstić information content (AvgIpc) is 2.33. The van der Waals surface area contributed by atoms with Crippen molar-refractivity contribution in [3.05, 3.63) is 18.2 Å². The van der Waals surface area contributed by atoms with Gasteiger partial charge in [-0.1, -0.05) is 6.07 Å². The molecule has 2 N–H and O–H groups in total.